The van der Waals surface area contributed by atoms with Gasteiger partial charge >= 0.3 is 24.3 Å². The maximum absolute atomic E-state index is 10.6. The molecule has 0 spiro atoms. The number of likely N-dealkylation sites (tertiary alicyclic amines) is 1. The lowest BCUT2D eigenvalue weighted by Crippen LogP contribution is -2.59. The van der Waals surface area contributed by atoms with Crippen molar-refractivity contribution in [2.24, 2.45) is 5.92 Å². The summed E-state index contributed by atoms with van der Waals surface area (Å²) in [5.74, 6) is -4.83. The summed E-state index contributed by atoms with van der Waals surface area (Å²) < 4.78 is 69.5. The topological polar surface area (TPSA) is 103 Å². The first-order chi connectivity index (χ1) is 15.6. The van der Waals surface area contributed by atoms with Gasteiger partial charge in [-0.1, -0.05) is 6.07 Å². The van der Waals surface area contributed by atoms with Crippen molar-refractivity contribution < 1.29 is 50.9 Å². The van der Waals surface area contributed by atoms with E-state index in [2.05, 4.69) is 34.9 Å². The second kappa shape index (κ2) is 12.9. The minimum Gasteiger partial charge on any atom is -0.475 e. The molecule has 34 heavy (non-hydrogen) atoms. The molecule has 14 heteroatoms. The molecule has 2 saturated heterocycles. The van der Waals surface area contributed by atoms with Crippen LogP contribution in [0.2, 0.25) is 0 Å². The predicted octanol–water partition coefficient (Wildman–Crippen LogP) is 2.89. The lowest BCUT2D eigenvalue weighted by Gasteiger charge is -2.48. The van der Waals surface area contributed by atoms with Gasteiger partial charge in [0, 0.05) is 44.7 Å². The molecular weight excluding hydrogens is 476 g/mol. The number of fused-ring (bicyclic) bond motifs is 1. The van der Waals surface area contributed by atoms with E-state index < -0.39 is 24.3 Å². The molecule has 0 aromatic carbocycles. The van der Waals surface area contributed by atoms with Gasteiger partial charge in [-0.05, 0) is 44.5 Å². The quantitative estimate of drug-likeness (QED) is 0.608. The van der Waals surface area contributed by atoms with E-state index in [4.69, 9.17) is 24.5 Å². The molecule has 2 aliphatic rings. The Balaban J connectivity index is 0.000000343. The minimum atomic E-state index is -5.08. The number of piperidine rings is 1. The van der Waals surface area contributed by atoms with Crippen molar-refractivity contribution in [3.8, 4) is 0 Å². The Labute approximate surface area is 192 Å². The number of pyridine rings is 1. The largest absolute Gasteiger partial charge is 0.490 e. The molecule has 1 aromatic heterocycles. The number of rotatable bonds is 3. The van der Waals surface area contributed by atoms with Crippen molar-refractivity contribution in [3.63, 3.8) is 0 Å². The number of alkyl halides is 6. The van der Waals surface area contributed by atoms with Crippen LogP contribution in [-0.4, -0.2) is 95.2 Å². The van der Waals surface area contributed by atoms with Gasteiger partial charge in [-0.15, -0.1) is 0 Å². The Morgan fingerprint density at radius 3 is 2.12 bits per heavy atom. The molecule has 2 fully saturated rings. The first-order valence-corrected chi connectivity index (χ1v) is 10.1. The van der Waals surface area contributed by atoms with Gasteiger partial charge in [0.2, 0.25) is 0 Å². The Morgan fingerprint density at radius 2 is 1.68 bits per heavy atom. The number of aromatic nitrogens is 1. The molecule has 0 bridgehead atoms. The highest BCUT2D eigenvalue weighted by atomic mass is 19.4. The Bertz CT molecular complexity index is 752. The number of aliphatic carboxylic acids is 2. The summed E-state index contributed by atoms with van der Waals surface area (Å²) in [6.45, 7) is 4.18. The van der Waals surface area contributed by atoms with Gasteiger partial charge in [0.05, 0.1) is 6.10 Å². The average molecular weight is 503 g/mol. The van der Waals surface area contributed by atoms with Crippen molar-refractivity contribution in [1.82, 2.24) is 14.8 Å². The van der Waals surface area contributed by atoms with Crippen LogP contribution in [0.5, 0.6) is 0 Å². The lowest BCUT2D eigenvalue weighted by molar-refractivity contribution is -0.193. The average Bonchev–Trinajstić information content (AvgIpc) is 2.73. The summed E-state index contributed by atoms with van der Waals surface area (Å²) in [7, 11) is 4.35. The smallest absolute Gasteiger partial charge is 0.475 e. The van der Waals surface area contributed by atoms with Crippen molar-refractivity contribution in [2.45, 2.75) is 43.9 Å². The third-order valence-electron chi connectivity index (χ3n) is 5.09. The zero-order chi connectivity index (χ0) is 26.1. The number of hydrogen-bond acceptors (Lipinski definition) is 6. The standard InChI is InChI=1S/C16H25N3O.2C2HF3O2/c1-18(2)15-12-19(10-13-5-3-7-17-9-13)11-14-6-4-8-20-16(14)15;2*3-2(4,5)1(6)7/h3,5,7,9,14-16H,4,6,8,10-12H2,1-2H3;2*(H,6,7)/t14-,15+,16-;;/m0../s1. The van der Waals surface area contributed by atoms with Crippen molar-refractivity contribution in [3.05, 3.63) is 30.1 Å². The maximum atomic E-state index is 10.6. The van der Waals surface area contributed by atoms with E-state index in [1.54, 1.807) is 0 Å². The van der Waals surface area contributed by atoms with E-state index in [9.17, 15) is 26.3 Å². The van der Waals surface area contributed by atoms with Gasteiger partial charge in [-0.2, -0.15) is 26.3 Å². The van der Waals surface area contributed by atoms with Crippen molar-refractivity contribution >= 4 is 11.9 Å². The third-order valence-corrected chi connectivity index (χ3v) is 5.09. The van der Waals surface area contributed by atoms with Crippen LogP contribution >= 0.6 is 0 Å². The second-order valence-electron chi connectivity index (χ2n) is 7.93. The van der Waals surface area contributed by atoms with Crippen LogP contribution in [0.15, 0.2) is 24.5 Å². The highest BCUT2D eigenvalue weighted by Crippen LogP contribution is 2.31. The van der Waals surface area contributed by atoms with Crippen LogP contribution in [0.1, 0.15) is 18.4 Å². The molecule has 0 unspecified atom stereocenters. The number of carboxylic acids is 2. The molecule has 2 N–H and O–H groups in total. The minimum absolute atomic E-state index is 0.420. The van der Waals surface area contributed by atoms with Gasteiger partial charge < -0.3 is 19.8 Å². The molecular formula is C20H27F6N3O5. The first-order valence-electron chi connectivity index (χ1n) is 10.1. The maximum Gasteiger partial charge on any atom is 0.490 e. The molecule has 0 radical (unpaired) electrons. The summed E-state index contributed by atoms with van der Waals surface area (Å²) in [6.07, 6.45) is -3.41. The van der Waals surface area contributed by atoms with Gasteiger partial charge in [0.1, 0.15) is 0 Å². The Hall–Kier alpha value is -2.45. The monoisotopic (exact) mass is 503 g/mol. The van der Waals surface area contributed by atoms with E-state index in [1.165, 1.54) is 18.4 Å². The SMILES string of the molecule is CN(C)[C@@H]1CN(Cc2cccnc2)C[C@@H]2CCCO[C@@H]21.O=C(O)C(F)(F)F.O=C(O)C(F)(F)F. The molecule has 0 aliphatic carbocycles. The molecule has 3 rings (SSSR count). The molecule has 8 nitrogen and oxygen atoms in total. The summed E-state index contributed by atoms with van der Waals surface area (Å²) >= 11 is 0. The lowest BCUT2D eigenvalue weighted by atomic mass is 9.85. The fraction of sp³-hybridized carbons (Fsp3) is 0.650. The van der Waals surface area contributed by atoms with Gasteiger partial charge in [0.15, 0.2) is 0 Å². The summed E-state index contributed by atoms with van der Waals surface area (Å²) in [5.41, 5.74) is 1.31. The molecule has 2 aliphatic heterocycles. The summed E-state index contributed by atoms with van der Waals surface area (Å²) in [6, 6.07) is 4.70. The number of carboxylic acid groups (broad SMARTS) is 2. The molecule has 194 valence electrons. The fourth-order valence-corrected chi connectivity index (χ4v) is 3.60. The number of hydrogen-bond donors (Lipinski definition) is 2. The van der Waals surface area contributed by atoms with Crippen LogP contribution in [0.25, 0.3) is 0 Å². The van der Waals surface area contributed by atoms with Gasteiger partial charge in [-0.25, -0.2) is 9.59 Å². The van der Waals surface area contributed by atoms with Crippen LogP contribution in [-0.2, 0) is 20.9 Å². The number of carbonyl (C=O) groups is 2. The zero-order valence-electron chi connectivity index (χ0n) is 18.5. The van der Waals surface area contributed by atoms with Gasteiger partial charge in [-0.3, -0.25) is 9.88 Å². The van der Waals surface area contributed by atoms with Crippen LogP contribution < -0.4 is 0 Å². The second-order valence-corrected chi connectivity index (χ2v) is 7.93. The van der Waals surface area contributed by atoms with E-state index in [0.29, 0.717) is 18.1 Å². The summed E-state index contributed by atoms with van der Waals surface area (Å²) in [5, 5.41) is 14.2. The van der Waals surface area contributed by atoms with Crippen molar-refractivity contribution in [1.29, 1.82) is 0 Å². The molecule has 3 heterocycles. The highest BCUT2D eigenvalue weighted by molar-refractivity contribution is 5.73. The molecule has 1 aromatic rings. The van der Waals surface area contributed by atoms with Crippen molar-refractivity contribution in [2.75, 3.05) is 33.8 Å². The van der Waals surface area contributed by atoms with Gasteiger partial charge in [0.25, 0.3) is 0 Å². The summed E-state index contributed by atoms with van der Waals surface area (Å²) in [4.78, 5) is 26.9. The van der Waals surface area contributed by atoms with E-state index in [1.807, 2.05) is 18.5 Å². The van der Waals surface area contributed by atoms with E-state index >= 15 is 0 Å². The van der Waals surface area contributed by atoms with Crippen LogP contribution in [0.3, 0.4) is 0 Å². The molecule has 0 saturated carbocycles. The fourth-order valence-electron chi connectivity index (χ4n) is 3.60. The Morgan fingerprint density at radius 1 is 1.12 bits per heavy atom. The number of likely N-dealkylation sites (N-methyl/N-ethyl adjacent to an activating group) is 1. The number of halogens is 6. The Kier molecular flexibility index (Phi) is 11.2. The number of ether oxygens (including phenoxy) is 1. The van der Waals surface area contributed by atoms with Crippen LogP contribution in [0, 0.1) is 5.92 Å². The van der Waals surface area contributed by atoms with Crippen LogP contribution in [0.4, 0.5) is 26.3 Å². The first kappa shape index (κ1) is 29.6. The highest BCUT2D eigenvalue weighted by Gasteiger charge is 2.40. The van der Waals surface area contributed by atoms with E-state index in [0.717, 1.165) is 26.2 Å². The number of nitrogens with zero attached hydrogens (tertiary/aromatic N) is 3. The molecule has 0 amide bonds. The predicted molar refractivity (Wildman–Crippen MR) is 107 cm³/mol. The van der Waals surface area contributed by atoms with E-state index in [-0.39, 0.29) is 0 Å². The third kappa shape index (κ3) is 10.2. The normalized spacial score (nSPS) is 23.0. The zero-order valence-corrected chi connectivity index (χ0v) is 18.5. The molecule has 3 atom stereocenters.